The number of hydrogen-bond donors (Lipinski definition) is 3. The fraction of sp³-hybridized carbons (Fsp3) is 0.133. The Bertz CT molecular complexity index is 629. The summed E-state index contributed by atoms with van der Waals surface area (Å²) in [5, 5.41) is 5.05. The Morgan fingerprint density at radius 1 is 1.10 bits per heavy atom. The van der Waals surface area contributed by atoms with Crippen molar-refractivity contribution in [3.8, 4) is 0 Å². The zero-order valence-corrected chi connectivity index (χ0v) is 11.2. The SMILES string of the molecule is NCc1ccc(CNC(=O)Nc2ccc(F)cc2)c(F)c1. The molecule has 0 fully saturated rings. The van der Waals surface area contributed by atoms with Crippen LogP contribution < -0.4 is 16.4 Å². The topological polar surface area (TPSA) is 67.1 Å². The van der Waals surface area contributed by atoms with Crippen LogP contribution in [0.2, 0.25) is 0 Å². The second kappa shape index (κ2) is 6.81. The second-order valence-corrected chi connectivity index (χ2v) is 4.44. The molecule has 110 valence electrons. The monoisotopic (exact) mass is 291 g/mol. The average molecular weight is 291 g/mol. The van der Waals surface area contributed by atoms with Gasteiger partial charge in [0.15, 0.2) is 0 Å². The maximum Gasteiger partial charge on any atom is 0.319 e. The van der Waals surface area contributed by atoms with Gasteiger partial charge in [0.05, 0.1) is 0 Å². The lowest BCUT2D eigenvalue weighted by atomic mass is 10.1. The van der Waals surface area contributed by atoms with Crippen molar-refractivity contribution >= 4 is 11.7 Å². The van der Waals surface area contributed by atoms with E-state index in [1.807, 2.05) is 0 Å². The first-order valence-electron chi connectivity index (χ1n) is 6.36. The highest BCUT2D eigenvalue weighted by Gasteiger charge is 2.06. The number of halogens is 2. The largest absolute Gasteiger partial charge is 0.334 e. The lowest BCUT2D eigenvalue weighted by molar-refractivity contribution is 0.251. The van der Waals surface area contributed by atoms with Crippen molar-refractivity contribution in [3.05, 3.63) is 65.2 Å². The summed E-state index contributed by atoms with van der Waals surface area (Å²) in [6.45, 7) is 0.305. The van der Waals surface area contributed by atoms with Crippen molar-refractivity contribution < 1.29 is 13.6 Å². The minimum atomic E-state index is -0.496. The van der Waals surface area contributed by atoms with E-state index >= 15 is 0 Å². The molecule has 4 nitrogen and oxygen atoms in total. The van der Waals surface area contributed by atoms with Gasteiger partial charge < -0.3 is 16.4 Å². The molecule has 4 N–H and O–H groups in total. The summed E-state index contributed by atoms with van der Waals surface area (Å²) in [6.07, 6.45) is 0. The molecule has 0 saturated carbocycles. The zero-order valence-electron chi connectivity index (χ0n) is 11.2. The van der Waals surface area contributed by atoms with Crippen molar-refractivity contribution in [2.75, 3.05) is 5.32 Å². The van der Waals surface area contributed by atoms with E-state index in [-0.39, 0.29) is 18.9 Å². The normalized spacial score (nSPS) is 10.2. The standard InChI is InChI=1S/C15H15F2N3O/c16-12-3-5-13(6-4-12)20-15(21)19-9-11-2-1-10(8-18)7-14(11)17/h1-7H,8-9,18H2,(H2,19,20,21). The van der Waals surface area contributed by atoms with Crippen LogP contribution in [0.15, 0.2) is 42.5 Å². The Hall–Kier alpha value is -2.47. The van der Waals surface area contributed by atoms with Crippen molar-refractivity contribution in [1.29, 1.82) is 0 Å². The van der Waals surface area contributed by atoms with Gasteiger partial charge in [0.25, 0.3) is 0 Å². The third kappa shape index (κ3) is 4.25. The van der Waals surface area contributed by atoms with Crippen LogP contribution in [0.1, 0.15) is 11.1 Å². The molecule has 0 saturated heterocycles. The molecule has 0 aliphatic rings. The number of amides is 2. The Morgan fingerprint density at radius 3 is 2.43 bits per heavy atom. The molecule has 0 radical (unpaired) electrons. The van der Waals surface area contributed by atoms with E-state index in [1.165, 1.54) is 30.3 Å². The van der Waals surface area contributed by atoms with Crippen LogP contribution in [0.3, 0.4) is 0 Å². The van der Waals surface area contributed by atoms with E-state index in [1.54, 1.807) is 12.1 Å². The van der Waals surface area contributed by atoms with Gasteiger partial charge in [0, 0.05) is 24.3 Å². The summed E-state index contributed by atoms with van der Waals surface area (Å²) in [4.78, 5) is 11.6. The highest BCUT2D eigenvalue weighted by atomic mass is 19.1. The van der Waals surface area contributed by atoms with Crippen LogP contribution in [-0.2, 0) is 13.1 Å². The Balaban J connectivity index is 1.90. The maximum atomic E-state index is 13.7. The van der Waals surface area contributed by atoms with E-state index in [2.05, 4.69) is 10.6 Å². The number of benzene rings is 2. The van der Waals surface area contributed by atoms with Crippen molar-refractivity contribution in [1.82, 2.24) is 5.32 Å². The van der Waals surface area contributed by atoms with Crippen molar-refractivity contribution in [2.45, 2.75) is 13.1 Å². The Labute approximate surface area is 121 Å². The van der Waals surface area contributed by atoms with Gasteiger partial charge in [-0.15, -0.1) is 0 Å². The summed E-state index contributed by atoms with van der Waals surface area (Å²) >= 11 is 0. The maximum absolute atomic E-state index is 13.7. The molecule has 0 atom stereocenters. The van der Waals surface area contributed by atoms with Crippen LogP contribution in [0.25, 0.3) is 0 Å². The highest BCUT2D eigenvalue weighted by Crippen LogP contribution is 2.11. The van der Waals surface area contributed by atoms with Gasteiger partial charge in [0.2, 0.25) is 0 Å². The van der Waals surface area contributed by atoms with Gasteiger partial charge in [0.1, 0.15) is 11.6 Å². The highest BCUT2D eigenvalue weighted by molar-refractivity contribution is 5.89. The van der Waals surface area contributed by atoms with Crippen molar-refractivity contribution in [3.63, 3.8) is 0 Å². The van der Waals surface area contributed by atoms with E-state index in [4.69, 9.17) is 5.73 Å². The molecule has 0 spiro atoms. The molecule has 2 aromatic carbocycles. The van der Waals surface area contributed by atoms with Gasteiger partial charge in [-0.1, -0.05) is 12.1 Å². The zero-order chi connectivity index (χ0) is 15.2. The summed E-state index contributed by atoms with van der Waals surface area (Å²) in [6, 6.07) is 9.48. The molecule has 2 amide bonds. The molecule has 21 heavy (non-hydrogen) atoms. The first-order valence-corrected chi connectivity index (χ1v) is 6.36. The van der Waals surface area contributed by atoms with Gasteiger partial charge in [-0.2, -0.15) is 0 Å². The minimum absolute atomic E-state index is 0.0453. The fourth-order valence-corrected chi connectivity index (χ4v) is 1.75. The number of hydrogen-bond acceptors (Lipinski definition) is 2. The molecule has 0 unspecified atom stereocenters. The molecule has 0 heterocycles. The summed E-state index contributed by atoms with van der Waals surface area (Å²) in [7, 11) is 0. The molecule has 2 aromatic rings. The quantitative estimate of drug-likeness (QED) is 0.811. The van der Waals surface area contributed by atoms with Crippen LogP contribution >= 0.6 is 0 Å². The van der Waals surface area contributed by atoms with E-state index < -0.39 is 11.8 Å². The van der Waals surface area contributed by atoms with Crippen LogP contribution in [0.5, 0.6) is 0 Å². The average Bonchev–Trinajstić information content (AvgIpc) is 2.48. The fourth-order valence-electron chi connectivity index (χ4n) is 1.75. The van der Waals surface area contributed by atoms with Gasteiger partial charge in [-0.3, -0.25) is 0 Å². The molecule has 0 bridgehead atoms. The number of carbonyl (C=O) groups excluding carboxylic acids is 1. The lowest BCUT2D eigenvalue weighted by Crippen LogP contribution is -2.28. The van der Waals surface area contributed by atoms with Gasteiger partial charge in [-0.05, 0) is 35.9 Å². The molecular weight excluding hydrogens is 276 g/mol. The van der Waals surface area contributed by atoms with Crippen LogP contribution in [0, 0.1) is 11.6 Å². The number of anilines is 1. The summed E-state index contributed by atoms with van der Waals surface area (Å²) in [5.41, 5.74) is 6.92. The van der Waals surface area contributed by atoms with Crippen molar-refractivity contribution in [2.24, 2.45) is 5.73 Å². The molecule has 0 aromatic heterocycles. The summed E-state index contributed by atoms with van der Waals surface area (Å²) < 4.78 is 26.4. The molecule has 0 aliphatic heterocycles. The smallest absolute Gasteiger partial charge is 0.319 e. The minimum Gasteiger partial charge on any atom is -0.334 e. The van der Waals surface area contributed by atoms with Gasteiger partial charge in [-0.25, -0.2) is 13.6 Å². The Morgan fingerprint density at radius 2 is 1.81 bits per heavy atom. The molecule has 6 heteroatoms. The predicted octanol–water partition coefficient (Wildman–Crippen LogP) is 2.75. The Kier molecular flexibility index (Phi) is 4.84. The van der Waals surface area contributed by atoms with Crippen LogP contribution in [0.4, 0.5) is 19.3 Å². The van der Waals surface area contributed by atoms with Gasteiger partial charge >= 0.3 is 6.03 Å². The molecule has 0 aliphatic carbocycles. The number of nitrogens with one attached hydrogen (secondary N) is 2. The first kappa shape index (κ1) is 14.9. The lowest BCUT2D eigenvalue weighted by Gasteiger charge is -2.09. The first-order chi connectivity index (χ1) is 10.1. The van der Waals surface area contributed by atoms with E-state index in [9.17, 15) is 13.6 Å². The number of carbonyl (C=O) groups is 1. The molecule has 2 rings (SSSR count). The van der Waals surface area contributed by atoms with Crippen LogP contribution in [-0.4, -0.2) is 6.03 Å². The number of nitrogens with two attached hydrogens (primary N) is 1. The third-order valence-electron chi connectivity index (χ3n) is 2.89. The predicted molar refractivity (Wildman–Crippen MR) is 76.5 cm³/mol. The second-order valence-electron chi connectivity index (χ2n) is 4.44. The van der Waals surface area contributed by atoms with E-state index in [0.717, 1.165) is 0 Å². The summed E-state index contributed by atoms with van der Waals surface area (Å²) in [5.74, 6) is -0.803. The third-order valence-corrected chi connectivity index (χ3v) is 2.89. The molecular formula is C15H15F2N3O. The number of rotatable bonds is 4. The van der Waals surface area contributed by atoms with E-state index in [0.29, 0.717) is 16.8 Å². The number of urea groups is 1.